The van der Waals surface area contributed by atoms with Crippen LogP contribution in [0.5, 0.6) is 5.75 Å². The number of ether oxygens (including phenoxy) is 2. The Morgan fingerprint density at radius 2 is 1.69 bits per heavy atom. The molecule has 3 rings (SSSR count). The standard InChI is InChI=1S/C24H27NO4/c1-15-22(19-8-6-7-9-20(19)25-15)23(27)16(2)29-21(26)14-28-18-12-10-17(11-13-18)24(3,4)5/h6-13,16,25H,14H2,1-5H3/t16-/m0/s1. The molecule has 5 heteroatoms. The quantitative estimate of drug-likeness (QED) is 0.474. The molecule has 29 heavy (non-hydrogen) atoms. The van der Waals surface area contributed by atoms with Crippen LogP contribution in [-0.4, -0.2) is 29.4 Å². The maximum Gasteiger partial charge on any atom is 0.344 e. The number of nitrogens with one attached hydrogen (secondary N) is 1. The molecule has 0 unspecified atom stereocenters. The average molecular weight is 393 g/mol. The zero-order valence-corrected chi connectivity index (χ0v) is 17.5. The van der Waals surface area contributed by atoms with Crippen molar-refractivity contribution in [3.8, 4) is 5.75 Å². The first-order valence-corrected chi connectivity index (χ1v) is 9.71. The monoisotopic (exact) mass is 393 g/mol. The Labute approximate surface area is 171 Å². The van der Waals surface area contributed by atoms with Crippen molar-refractivity contribution in [3.63, 3.8) is 0 Å². The van der Waals surface area contributed by atoms with Gasteiger partial charge >= 0.3 is 5.97 Å². The van der Waals surface area contributed by atoms with E-state index in [2.05, 4.69) is 25.8 Å². The molecule has 152 valence electrons. The molecule has 0 saturated carbocycles. The van der Waals surface area contributed by atoms with Crippen molar-refractivity contribution in [2.24, 2.45) is 0 Å². The SMILES string of the molecule is Cc1[nH]c2ccccc2c1C(=O)[C@H](C)OC(=O)COc1ccc(C(C)(C)C)cc1. The molecule has 1 aromatic heterocycles. The summed E-state index contributed by atoms with van der Waals surface area (Å²) >= 11 is 0. The molecular formula is C24H27NO4. The molecule has 0 radical (unpaired) electrons. The predicted molar refractivity (Wildman–Crippen MR) is 114 cm³/mol. The molecule has 0 aliphatic rings. The molecule has 5 nitrogen and oxygen atoms in total. The van der Waals surface area contributed by atoms with Crippen LogP contribution in [0.3, 0.4) is 0 Å². The molecule has 1 N–H and O–H groups in total. The van der Waals surface area contributed by atoms with Gasteiger partial charge in [0.15, 0.2) is 12.7 Å². The first kappa shape index (κ1) is 20.6. The number of hydrogen-bond acceptors (Lipinski definition) is 4. The zero-order valence-electron chi connectivity index (χ0n) is 17.5. The van der Waals surface area contributed by atoms with E-state index < -0.39 is 12.1 Å². The van der Waals surface area contributed by atoms with Gasteiger partial charge in [0, 0.05) is 22.2 Å². The highest BCUT2D eigenvalue weighted by molar-refractivity contribution is 6.11. The number of hydrogen-bond donors (Lipinski definition) is 1. The summed E-state index contributed by atoms with van der Waals surface area (Å²) in [5.74, 6) is -0.229. The van der Waals surface area contributed by atoms with Crippen LogP contribution in [0.1, 0.15) is 49.3 Å². The third-order valence-corrected chi connectivity index (χ3v) is 4.89. The number of fused-ring (bicyclic) bond motifs is 1. The second-order valence-electron chi connectivity index (χ2n) is 8.23. The molecule has 3 aromatic rings. The van der Waals surface area contributed by atoms with Gasteiger partial charge in [0.05, 0.1) is 0 Å². The van der Waals surface area contributed by atoms with Crippen molar-refractivity contribution < 1.29 is 19.1 Å². The number of carbonyl (C=O) groups is 2. The van der Waals surface area contributed by atoms with Crippen LogP contribution in [0.2, 0.25) is 0 Å². The van der Waals surface area contributed by atoms with Gasteiger partial charge in [0.1, 0.15) is 5.75 Å². The molecule has 0 fully saturated rings. The van der Waals surface area contributed by atoms with Gasteiger partial charge in [-0.3, -0.25) is 4.79 Å². The Morgan fingerprint density at radius 1 is 1.03 bits per heavy atom. The normalized spacial score (nSPS) is 12.6. The second-order valence-corrected chi connectivity index (χ2v) is 8.23. The van der Waals surface area contributed by atoms with Crippen LogP contribution in [0.25, 0.3) is 10.9 Å². The van der Waals surface area contributed by atoms with Crippen molar-refractivity contribution >= 4 is 22.7 Å². The van der Waals surface area contributed by atoms with Crippen molar-refractivity contribution in [1.82, 2.24) is 4.98 Å². The lowest BCUT2D eigenvalue weighted by Crippen LogP contribution is -2.27. The largest absolute Gasteiger partial charge is 0.482 e. The predicted octanol–water partition coefficient (Wildman–Crippen LogP) is 4.97. The fourth-order valence-electron chi connectivity index (χ4n) is 3.28. The molecule has 0 bridgehead atoms. The molecule has 1 heterocycles. The number of esters is 1. The van der Waals surface area contributed by atoms with Crippen molar-refractivity contribution in [2.45, 2.75) is 46.1 Å². The molecule has 1 atom stereocenters. The number of aromatic nitrogens is 1. The summed E-state index contributed by atoms with van der Waals surface area (Å²) in [5, 5.41) is 0.827. The number of aromatic amines is 1. The molecular weight excluding hydrogens is 366 g/mol. The lowest BCUT2D eigenvalue weighted by molar-refractivity contribution is -0.148. The minimum Gasteiger partial charge on any atom is -0.482 e. The lowest BCUT2D eigenvalue weighted by Gasteiger charge is -2.19. The first-order valence-electron chi connectivity index (χ1n) is 9.71. The second kappa shape index (κ2) is 8.11. The van der Waals surface area contributed by atoms with Gasteiger partial charge in [-0.25, -0.2) is 4.79 Å². The van der Waals surface area contributed by atoms with Gasteiger partial charge in [-0.05, 0) is 43.0 Å². The summed E-state index contributed by atoms with van der Waals surface area (Å²) in [5.41, 5.74) is 3.43. The number of aryl methyl sites for hydroxylation is 1. The van der Waals surface area contributed by atoms with E-state index in [4.69, 9.17) is 9.47 Å². The van der Waals surface area contributed by atoms with Crippen LogP contribution in [-0.2, 0) is 14.9 Å². The van der Waals surface area contributed by atoms with Crippen LogP contribution in [0.15, 0.2) is 48.5 Å². The smallest absolute Gasteiger partial charge is 0.344 e. The Balaban J connectivity index is 1.60. The third kappa shape index (κ3) is 4.67. The summed E-state index contributed by atoms with van der Waals surface area (Å²) in [6, 6.07) is 15.2. The minimum absolute atomic E-state index is 0.0494. The van der Waals surface area contributed by atoms with E-state index in [9.17, 15) is 9.59 Å². The summed E-state index contributed by atoms with van der Waals surface area (Å²) < 4.78 is 10.8. The van der Waals surface area contributed by atoms with E-state index in [1.54, 1.807) is 6.92 Å². The van der Waals surface area contributed by atoms with E-state index >= 15 is 0 Å². The Hall–Kier alpha value is -3.08. The molecule has 0 spiro atoms. The minimum atomic E-state index is -0.896. The zero-order chi connectivity index (χ0) is 21.2. The Bertz CT molecular complexity index is 1030. The number of para-hydroxylation sites is 1. The van der Waals surface area contributed by atoms with Gasteiger partial charge in [-0.2, -0.15) is 0 Å². The number of carbonyl (C=O) groups excluding carboxylic acids is 2. The van der Waals surface area contributed by atoms with Crippen LogP contribution in [0, 0.1) is 6.92 Å². The number of ketones is 1. The van der Waals surface area contributed by atoms with Crippen molar-refractivity contribution in [2.75, 3.05) is 6.61 Å². The molecule has 0 amide bonds. The summed E-state index contributed by atoms with van der Waals surface area (Å²) in [6.45, 7) is 9.57. The van der Waals surface area contributed by atoms with E-state index in [-0.39, 0.29) is 17.8 Å². The molecule has 0 saturated heterocycles. The third-order valence-electron chi connectivity index (χ3n) is 4.89. The van der Waals surface area contributed by atoms with Gasteiger partial charge in [0.2, 0.25) is 5.78 Å². The number of rotatable bonds is 6. The van der Waals surface area contributed by atoms with E-state index in [0.29, 0.717) is 11.3 Å². The van der Waals surface area contributed by atoms with Crippen molar-refractivity contribution in [3.05, 3.63) is 65.4 Å². The Kier molecular flexibility index (Phi) is 5.78. The molecule has 0 aliphatic heterocycles. The maximum absolute atomic E-state index is 12.8. The molecule has 2 aromatic carbocycles. The maximum atomic E-state index is 12.8. The summed E-state index contributed by atoms with van der Waals surface area (Å²) in [6.07, 6.45) is -0.896. The fraction of sp³-hybridized carbons (Fsp3) is 0.333. The highest BCUT2D eigenvalue weighted by Gasteiger charge is 2.24. The number of Topliss-reactive ketones (excluding diaryl/α,β-unsaturated/α-hetero) is 1. The highest BCUT2D eigenvalue weighted by atomic mass is 16.6. The van der Waals surface area contributed by atoms with Gasteiger partial charge in [-0.1, -0.05) is 51.1 Å². The summed E-state index contributed by atoms with van der Waals surface area (Å²) in [7, 11) is 0. The van der Waals surface area contributed by atoms with Crippen LogP contribution >= 0.6 is 0 Å². The molecule has 0 aliphatic carbocycles. The van der Waals surface area contributed by atoms with Gasteiger partial charge in [-0.15, -0.1) is 0 Å². The van der Waals surface area contributed by atoms with Gasteiger partial charge < -0.3 is 14.5 Å². The Morgan fingerprint density at radius 3 is 2.34 bits per heavy atom. The van der Waals surface area contributed by atoms with Crippen LogP contribution < -0.4 is 4.74 Å². The lowest BCUT2D eigenvalue weighted by atomic mass is 9.87. The number of H-pyrrole nitrogens is 1. The summed E-state index contributed by atoms with van der Waals surface area (Å²) in [4.78, 5) is 28.2. The number of benzene rings is 2. The van der Waals surface area contributed by atoms with Gasteiger partial charge in [0.25, 0.3) is 0 Å². The topological polar surface area (TPSA) is 68.4 Å². The average Bonchev–Trinajstić information content (AvgIpc) is 3.01. The first-order chi connectivity index (χ1) is 13.7. The van der Waals surface area contributed by atoms with E-state index in [0.717, 1.165) is 16.6 Å². The highest BCUT2D eigenvalue weighted by Crippen LogP contribution is 2.25. The van der Waals surface area contributed by atoms with Crippen molar-refractivity contribution in [1.29, 1.82) is 0 Å². The van der Waals surface area contributed by atoms with Crippen LogP contribution in [0.4, 0.5) is 0 Å². The van der Waals surface area contributed by atoms with E-state index in [1.807, 2.05) is 55.5 Å². The van der Waals surface area contributed by atoms with E-state index in [1.165, 1.54) is 5.56 Å². The fourth-order valence-corrected chi connectivity index (χ4v) is 3.28.